The SMILES string of the molecule is CCOC(=O)c1c(OC)cc(=O)oc1CNS(=O)(=O)c1ccc(C)cc1. The molecule has 0 aliphatic rings. The van der Waals surface area contributed by atoms with Crippen LogP contribution in [0.5, 0.6) is 5.75 Å². The second-order valence-electron chi connectivity index (χ2n) is 5.29. The van der Waals surface area contributed by atoms with Crippen LogP contribution in [0.3, 0.4) is 0 Å². The highest BCUT2D eigenvalue weighted by molar-refractivity contribution is 7.89. The first kappa shape index (κ1) is 19.7. The van der Waals surface area contributed by atoms with E-state index in [1.807, 2.05) is 6.92 Å². The van der Waals surface area contributed by atoms with Crippen LogP contribution in [0.4, 0.5) is 0 Å². The second-order valence-corrected chi connectivity index (χ2v) is 7.06. The molecular weight excluding hydrogens is 362 g/mol. The predicted molar refractivity (Wildman–Crippen MR) is 92.7 cm³/mol. The quantitative estimate of drug-likeness (QED) is 0.725. The molecule has 2 aromatic rings. The van der Waals surface area contributed by atoms with Crippen molar-refractivity contribution in [2.24, 2.45) is 0 Å². The van der Waals surface area contributed by atoms with Crippen molar-refractivity contribution < 1.29 is 27.1 Å². The Labute approximate surface area is 150 Å². The topological polar surface area (TPSA) is 112 Å². The van der Waals surface area contributed by atoms with E-state index < -0.39 is 28.2 Å². The third-order valence-electron chi connectivity index (χ3n) is 3.45. The minimum Gasteiger partial charge on any atom is -0.495 e. The number of hydrogen-bond donors (Lipinski definition) is 1. The lowest BCUT2D eigenvalue weighted by Gasteiger charge is -2.12. The van der Waals surface area contributed by atoms with Crippen LogP contribution in [-0.4, -0.2) is 28.1 Å². The summed E-state index contributed by atoms with van der Waals surface area (Å²) in [5, 5.41) is 0. The molecule has 9 heteroatoms. The molecule has 1 aromatic heterocycles. The number of carbonyl (C=O) groups excluding carboxylic acids is 1. The maximum absolute atomic E-state index is 12.4. The molecule has 0 radical (unpaired) electrons. The van der Waals surface area contributed by atoms with Crippen molar-refractivity contribution in [2.45, 2.75) is 25.3 Å². The summed E-state index contributed by atoms with van der Waals surface area (Å²) >= 11 is 0. The van der Waals surface area contributed by atoms with Gasteiger partial charge in [-0.25, -0.2) is 22.7 Å². The van der Waals surface area contributed by atoms with E-state index in [9.17, 15) is 18.0 Å². The zero-order valence-corrected chi connectivity index (χ0v) is 15.4. The van der Waals surface area contributed by atoms with Gasteiger partial charge in [-0.15, -0.1) is 0 Å². The average molecular weight is 381 g/mol. The second kappa shape index (κ2) is 8.15. The van der Waals surface area contributed by atoms with Crippen LogP contribution in [0.1, 0.15) is 28.6 Å². The first-order valence-electron chi connectivity index (χ1n) is 7.73. The molecule has 1 N–H and O–H groups in total. The van der Waals surface area contributed by atoms with Gasteiger partial charge >= 0.3 is 11.6 Å². The van der Waals surface area contributed by atoms with Crippen molar-refractivity contribution in [3.8, 4) is 5.75 Å². The van der Waals surface area contributed by atoms with E-state index in [4.69, 9.17) is 13.9 Å². The average Bonchev–Trinajstić information content (AvgIpc) is 2.60. The van der Waals surface area contributed by atoms with Crippen molar-refractivity contribution in [3.63, 3.8) is 0 Å². The van der Waals surface area contributed by atoms with E-state index >= 15 is 0 Å². The van der Waals surface area contributed by atoms with Gasteiger partial charge in [0.05, 0.1) is 31.2 Å². The predicted octanol–water partition coefficient (Wildman–Crippen LogP) is 1.61. The molecule has 0 atom stereocenters. The Bertz CT molecular complexity index is 946. The largest absolute Gasteiger partial charge is 0.495 e. The number of ether oxygens (including phenoxy) is 2. The molecule has 26 heavy (non-hydrogen) atoms. The van der Waals surface area contributed by atoms with E-state index in [1.165, 1.54) is 19.2 Å². The zero-order chi connectivity index (χ0) is 19.3. The molecule has 8 nitrogen and oxygen atoms in total. The maximum Gasteiger partial charge on any atom is 0.345 e. The summed E-state index contributed by atoms with van der Waals surface area (Å²) in [5.74, 6) is -1.02. The van der Waals surface area contributed by atoms with Gasteiger partial charge in [-0.2, -0.15) is 0 Å². The zero-order valence-electron chi connectivity index (χ0n) is 14.6. The fourth-order valence-corrected chi connectivity index (χ4v) is 3.17. The van der Waals surface area contributed by atoms with Crippen molar-refractivity contribution in [3.05, 3.63) is 57.6 Å². The first-order chi connectivity index (χ1) is 12.3. The van der Waals surface area contributed by atoms with Crippen LogP contribution in [0.25, 0.3) is 0 Å². The monoisotopic (exact) mass is 381 g/mol. The summed E-state index contributed by atoms with van der Waals surface area (Å²) in [4.78, 5) is 23.9. The van der Waals surface area contributed by atoms with Gasteiger partial charge in [0.15, 0.2) is 0 Å². The smallest absolute Gasteiger partial charge is 0.345 e. The van der Waals surface area contributed by atoms with Gasteiger partial charge in [0.2, 0.25) is 10.0 Å². The summed E-state index contributed by atoms with van der Waals surface area (Å²) in [6.45, 7) is 3.12. The summed E-state index contributed by atoms with van der Waals surface area (Å²) < 4.78 is 42.0. The van der Waals surface area contributed by atoms with Gasteiger partial charge in [-0.3, -0.25) is 0 Å². The van der Waals surface area contributed by atoms with Crippen molar-refractivity contribution in [1.82, 2.24) is 4.72 Å². The van der Waals surface area contributed by atoms with Crippen LogP contribution < -0.4 is 15.1 Å². The minimum absolute atomic E-state index is 0.0472. The van der Waals surface area contributed by atoms with Gasteiger partial charge in [0, 0.05) is 0 Å². The molecule has 2 rings (SSSR count). The third kappa shape index (κ3) is 4.50. The van der Waals surface area contributed by atoms with E-state index in [2.05, 4.69) is 4.72 Å². The lowest BCUT2D eigenvalue weighted by molar-refractivity contribution is 0.0516. The number of aryl methyl sites for hydroxylation is 1. The number of methoxy groups -OCH3 is 1. The number of esters is 1. The Morgan fingerprint density at radius 1 is 1.23 bits per heavy atom. The molecule has 140 valence electrons. The third-order valence-corrected chi connectivity index (χ3v) is 4.87. The van der Waals surface area contributed by atoms with Crippen LogP contribution >= 0.6 is 0 Å². The highest BCUT2D eigenvalue weighted by Gasteiger charge is 2.24. The summed E-state index contributed by atoms with van der Waals surface area (Å²) in [6.07, 6.45) is 0. The van der Waals surface area contributed by atoms with Gasteiger partial charge in [0.1, 0.15) is 17.1 Å². The Morgan fingerprint density at radius 3 is 2.46 bits per heavy atom. The molecule has 0 bridgehead atoms. The van der Waals surface area contributed by atoms with Crippen molar-refractivity contribution in [2.75, 3.05) is 13.7 Å². The molecular formula is C17H19NO7S. The lowest BCUT2D eigenvalue weighted by Crippen LogP contribution is -2.25. The standard InChI is InChI=1S/C17H19NO7S/c1-4-24-17(20)16-13(23-3)9-15(19)25-14(16)10-18-26(21,22)12-7-5-11(2)6-8-12/h5-9,18H,4,10H2,1-3H3. The first-order valence-corrected chi connectivity index (χ1v) is 9.21. The van der Waals surface area contributed by atoms with E-state index in [1.54, 1.807) is 19.1 Å². The number of nitrogens with one attached hydrogen (secondary N) is 1. The summed E-state index contributed by atoms with van der Waals surface area (Å²) in [7, 11) is -2.59. The molecule has 1 heterocycles. The van der Waals surface area contributed by atoms with Crippen LogP contribution in [-0.2, 0) is 21.3 Å². The van der Waals surface area contributed by atoms with E-state index in [-0.39, 0.29) is 28.6 Å². The number of rotatable bonds is 7. The Balaban J connectivity index is 2.36. The van der Waals surface area contributed by atoms with E-state index in [0.717, 1.165) is 11.6 Å². The molecule has 0 spiro atoms. The Morgan fingerprint density at radius 2 is 1.88 bits per heavy atom. The maximum atomic E-state index is 12.4. The fraction of sp³-hybridized carbons (Fsp3) is 0.294. The molecule has 0 aliphatic heterocycles. The molecule has 0 amide bonds. The molecule has 1 aromatic carbocycles. The van der Waals surface area contributed by atoms with Crippen LogP contribution in [0.15, 0.2) is 44.4 Å². The molecule has 0 saturated heterocycles. The molecule has 0 unspecified atom stereocenters. The molecule has 0 saturated carbocycles. The normalized spacial score (nSPS) is 11.2. The van der Waals surface area contributed by atoms with Crippen LogP contribution in [0.2, 0.25) is 0 Å². The fourth-order valence-electron chi connectivity index (χ4n) is 2.18. The summed E-state index contributed by atoms with van der Waals surface area (Å²) in [6, 6.07) is 7.20. The lowest BCUT2D eigenvalue weighted by atomic mass is 10.2. The number of benzene rings is 1. The Kier molecular flexibility index (Phi) is 6.17. The van der Waals surface area contributed by atoms with Crippen molar-refractivity contribution in [1.29, 1.82) is 0 Å². The number of sulfonamides is 1. The Hall–Kier alpha value is -2.65. The number of hydrogen-bond acceptors (Lipinski definition) is 7. The minimum atomic E-state index is -3.87. The van der Waals surface area contributed by atoms with Crippen molar-refractivity contribution >= 4 is 16.0 Å². The van der Waals surface area contributed by atoms with Gasteiger partial charge < -0.3 is 13.9 Å². The number of carbonyl (C=O) groups is 1. The summed E-state index contributed by atoms with van der Waals surface area (Å²) in [5.41, 5.74) is -0.00710. The van der Waals surface area contributed by atoms with E-state index in [0.29, 0.717) is 0 Å². The highest BCUT2D eigenvalue weighted by atomic mass is 32.2. The van der Waals surface area contributed by atoms with Gasteiger partial charge in [0.25, 0.3) is 0 Å². The van der Waals surface area contributed by atoms with Crippen LogP contribution in [0, 0.1) is 6.92 Å². The molecule has 0 fully saturated rings. The molecule has 0 aliphatic carbocycles. The highest BCUT2D eigenvalue weighted by Crippen LogP contribution is 2.22. The van der Waals surface area contributed by atoms with Gasteiger partial charge in [-0.05, 0) is 26.0 Å². The van der Waals surface area contributed by atoms with Gasteiger partial charge in [-0.1, -0.05) is 17.7 Å².